The highest BCUT2D eigenvalue weighted by molar-refractivity contribution is 6.30. The Balaban J connectivity index is 3.06. The van der Waals surface area contributed by atoms with E-state index in [1.807, 2.05) is 4.90 Å². The zero-order valence-corrected chi connectivity index (χ0v) is 10.0. The molecule has 0 radical (unpaired) electrons. The third-order valence-electron chi connectivity index (χ3n) is 2.28. The molecule has 0 spiro atoms. The number of aliphatic hydroxyl groups is 1. The van der Waals surface area contributed by atoms with Gasteiger partial charge in [-0.15, -0.1) is 0 Å². The molecule has 1 aromatic rings. The Kier molecular flexibility index (Phi) is 5.10. The molecule has 86 valence electrons. The van der Waals surface area contributed by atoms with Gasteiger partial charge in [-0.05, 0) is 24.6 Å². The Morgan fingerprint density at radius 2 is 2.19 bits per heavy atom. The van der Waals surface area contributed by atoms with Crippen LogP contribution < -0.4 is 4.90 Å². The summed E-state index contributed by atoms with van der Waals surface area (Å²) in [5.41, 5.74) is 1.39. The molecule has 0 bridgehead atoms. The van der Waals surface area contributed by atoms with E-state index in [-0.39, 0.29) is 6.61 Å². The average molecular weight is 239 g/mol. The zero-order chi connectivity index (χ0) is 12.0. The fourth-order valence-electron chi connectivity index (χ4n) is 1.60. The highest BCUT2D eigenvalue weighted by atomic mass is 35.5. The lowest BCUT2D eigenvalue weighted by Gasteiger charge is -2.24. The SMILES string of the molecule is CCCN(CCO)c1cc(Cl)ccc1C#N. The van der Waals surface area contributed by atoms with Gasteiger partial charge in [0.1, 0.15) is 6.07 Å². The number of halogens is 1. The van der Waals surface area contributed by atoms with Gasteiger partial charge < -0.3 is 10.0 Å². The predicted octanol–water partition coefficient (Wildman–Crippen LogP) is 2.42. The Labute approximate surface area is 101 Å². The molecule has 1 N–H and O–H groups in total. The molecule has 3 nitrogen and oxygen atoms in total. The van der Waals surface area contributed by atoms with Crippen LogP contribution in [0.25, 0.3) is 0 Å². The molecular formula is C12H15ClN2O. The summed E-state index contributed by atoms with van der Waals surface area (Å²) in [7, 11) is 0. The van der Waals surface area contributed by atoms with Crippen LogP contribution in [0, 0.1) is 11.3 Å². The second-order valence-electron chi connectivity index (χ2n) is 3.48. The van der Waals surface area contributed by atoms with Gasteiger partial charge in [0.25, 0.3) is 0 Å². The molecule has 0 aliphatic rings. The van der Waals surface area contributed by atoms with Crippen LogP contribution in [0.15, 0.2) is 18.2 Å². The van der Waals surface area contributed by atoms with Gasteiger partial charge >= 0.3 is 0 Å². The second-order valence-corrected chi connectivity index (χ2v) is 3.92. The van der Waals surface area contributed by atoms with Crippen molar-refractivity contribution in [3.63, 3.8) is 0 Å². The van der Waals surface area contributed by atoms with Gasteiger partial charge in [-0.1, -0.05) is 18.5 Å². The molecule has 0 saturated carbocycles. The maximum absolute atomic E-state index is 9.01. The van der Waals surface area contributed by atoms with Gasteiger partial charge in [0.2, 0.25) is 0 Å². The van der Waals surface area contributed by atoms with E-state index >= 15 is 0 Å². The van der Waals surface area contributed by atoms with Crippen LogP contribution in [0.2, 0.25) is 5.02 Å². The first kappa shape index (κ1) is 12.8. The molecule has 0 amide bonds. The molecule has 0 aromatic heterocycles. The van der Waals surface area contributed by atoms with Gasteiger partial charge in [0.05, 0.1) is 17.9 Å². The normalized spacial score (nSPS) is 9.88. The Morgan fingerprint density at radius 1 is 1.44 bits per heavy atom. The lowest BCUT2D eigenvalue weighted by atomic mass is 10.1. The maximum Gasteiger partial charge on any atom is 0.101 e. The number of benzene rings is 1. The Bertz CT molecular complexity index is 381. The lowest BCUT2D eigenvalue weighted by Crippen LogP contribution is -2.28. The standard InChI is InChI=1S/C12H15ClN2O/c1-2-5-15(6-7-16)12-8-11(13)4-3-10(12)9-14/h3-4,8,16H,2,5-7H2,1H3. The Morgan fingerprint density at radius 3 is 2.75 bits per heavy atom. The molecule has 0 aliphatic carbocycles. The number of nitrogens with zero attached hydrogens (tertiary/aromatic N) is 2. The molecule has 0 unspecified atom stereocenters. The van der Waals surface area contributed by atoms with Crippen LogP contribution in [0.1, 0.15) is 18.9 Å². The van der Waals surface area contributed by atoms with Crippen LogP contribution in [0.4, 0.5) is 5.69 Å². The summed E-state index contributed by atoms with van der Waals surface area (Å²) in [5.74, 6) is 0. The molecule has 0 aliphatic heterocycles. The van der Waals surface area contributed by atoms with Crippen LogP contribution in [0.3, 0.4) is 0 Å². The third kappa shape index (κ3) is 3.13. The van der Waals surface area contributed by atoms with Gasteiger partial charge in [0.15, 0.2) is 0 Å². The largest absolute Gasteiger partial charge is 0.395 e. The van der Waals surface area contributed by atoms with Crippen LogP contribution >= 0.6 is 11.6 Å². The van der Waals surface area contributed by atoms with E-state index in [1.165, 1.54) is 0 Å². The van der Waals surface area contributed by atoms with E-state index in [4.69, 9.17) is 22.0 Å². The highest BCUT2D eigenvalue weighted by Gasteiger charge is 2.10. The minimum atomic E-state index is 0.0668. The first-order chi connectivity index (χ1) is 7.72. The van der Waals surface area contributed by atoms with Crippen molar-refractivity contribution in [2.24, 2.45) is 0 Å². The number of hydrogen-bond donors (Lipinski definition) is 1. The molecule has 0 fully saturated rings. The summed E-state index contributed by atoms with van der Waals surface area (Å²) in [5, 5.41) is 18.6. The second kappa shape index (κ2) is 6.37. The van der Waals surface area contributed by atoms with Gasteiger partial charge in [0, 0.05) is 18.1 Å². The van der Waals surface area contributed by atoms with Crippen LogP contribution in [-0.2, 0) is 0 Å². The lowest BCUT2D eigenvalue weighted by molar-refractivity contribution is 0.302. The van der Waals surface area contributed by atoms with Crippen molar-refractivity contribution in [2.45, 2.75) is 13.3 Å². The molecule has 4 heteroatoms. The van der Waals surface area contributed by atoms with Gasteiger partial charge in [-0.3, -0.25) is 0 Å². The minimum absolute atomic E-state index is 0.0668. The highest BCUT2D eigenvalue weighted by Crippen LogP contribution is 2.24. The van der Waals surface area contributed by atoms with Gasteiger partial charge in [-0.2, -0.15) is 5.26 Å². The Hall–Kier alpha value is -1.24. The van der Waals surface area contributed by atoms with Crippen molar-refractivity contribution in [3.05, 3.63) is 28.8 Å². The van der Waals surface area contributed by atoms with E-state index in [0.29, 0.717) is 17.1 Å². The molecular weight excluding hydrogens is 224 g/mol. The minimum Gasteiger partial charge on any atom is -0.395 e. The van der Waals surface area contributed by atoms with E-state index in [2.05, 4.69) is 13.0 Å². The molecule has 1 aromatic carbocycles. The summed E-state index contributed by atoms with van der Waals surface area (Å²) < 4.78 is 0. The molecule has 0 saturated heterocycles. The summed E-state index contributed by atoms with van der Waals surface area (Å²) in [4.78, 5) is 1.98. The fraction of sp³-hybridized carbons (Fsp3) is 0.417. The van der Waals surface area contributed by atoms with Crippen LogP contribution in [-0.4, -0.2) is 24.8 Å². The predicted molar refractivity (Wildman–Crippen MR) is 65.8 cm³/mol. The topological polar surface area (TPSA) is 47.3 Å². The average Bonchev–Trinajstić information content (AvgIpc) is 2.29. The van der Waals surface area contributed by atoms with Crippen LogP contribution in [0.5, 0.6) is 0 Å². The first-order valence-electron chi connectivity index (χ1n) is 5.28. The zero-order valence-electron chi connectivity index (χ0n) is 9.28. The van der Waals surface area contributed by atoms with Crippen molar-refractivity contribution < 1.29 is 5.11 Å². The van der Waals surface area contributed by atoms with Crippen molar-refractivity contribution >= 4 is 17.3 Å². The van der Waals surface area contributed by atoms with E-state index in [0.717, 1.165) is 18.7 Å². The number of nitriles is 1. The van der Waals surface area contributed by atoms with Crippen molar-refractivity contribution in [1.82, 2.24) is 0 Å². The number of anilines is 1. The summed E-state index contributed by atoms with van der Waals surface area (Å²) in [6.07, 6.45) is 0.956. The number of rotatable bonds is 5. The summed E-state index contributed by atoms with van der Waals surface area (Å²) >= 11 is 5.92. The van der Waals surface area contributed by atoms with E-state index in [1.54, 1.807) is 18.2 Å². The van der Waals surface area contributed by atoms with Crippen molar-refractivity contribution in [2.75, 3.05) is 24.6 Å². The summed E-state index contributed by atoms with van der Waals surface area (Å²) in [6.45, 7) is 3.44. The van der Waals surface area contributed by atoms with Crippen molar-refractivity contribution in [1.29, 1.82) is 5.26 Å². The van der Waals surface area contributed by atoms with Gasteiger partial charge in [-0.25, -0.2) is 0 Å². The maximum atomic E-state index is 9.01. The summed E-state index contributed by atoms with van der Waals surface area (Å²) in [6, 6.07) is 7.31. The quantitative estimate of drug-likeness (QED) is 0.857. The number of hydrogen-bond acceptors (Lipinski definition) is 3. The number of aliphatic hydroxyl groups excluding tert-OH is 1. The molecule has 1 rings (SSSR count). The molecule has 0 atom stereocenters. The molecule has 0 heterocycles. The smallest absolute Gasteiger partial charge is 0.101 e. The first-order valence-corrected chi connectivity index (χ1v) is 5.66. The monoisotopic (exact) mass is 238 g/mol. The third-order valence-corrected chi connectivity index (χ3v) is 2.52. The molecule has 16 heavy (non-hydrogen) atoms. The fourth-order valence-corrected chi connectivity index (χ4v) is 1.77. The van der Waals surface area contributed by atoms with Crippen molar-refractivity contribution in [3.8, 4) is 6.07 Å². The van der Waals surface area contributed by atoms with E-state index in [9.17, 15) is 0 Å². The van der Waals surface area contributed by atoms with E-state index < -0.39 is 0 Å².